The van der Waals surface area contributed by atoms with Crippen molar-refractivity contribution in [3.8, 4) is 5.75 Å². The van der Waals surface area contributed by atoms with Crippen LogP contribution in [0.4, 0.5) is 5.69 Å². The van der Waals surface area contributed by atoms with Gasteiger partial charge in [0.05, 0.1) is 5.69 Å². The highest BCUT2D eigenvalue weighted by atomic mass is 16.5. The second kappa shape index (κ2) is 6.30. The van der Waals surface area contributed by atoms with Crippen LogP contribution in [-0.2, 0) is 4.79 Å². The number of ether oxygens (including phenoxy) is 1. The lowest BCUT2D eigenvalue weighted by Gasteiger charge is -2.17. The van der Waals surface area contributed by atoms with Crippen molar-refractivity contribution in [3.63, 3.8) is 0 Å². The molecule has 0 bridgehead atoms. The molecule has 1 aromatic heterocycles. The largest absolute Gasteiger partial charge is 0.482 e. The van der Waals surface area contributed by atoms with Crippen LogP contribution < -0.4 is 9.64 Å². The number of carbonyl (C=O) groups is 2. The molecule has 0 fully saturated rings. The summed E-state index contributed by atoms with van der Waals surface area (Å²) in [5.41, 5.74) is 1.62. The number of carboxylic acid groups (broad SMARTS) is 1. The number of aryl methyl sites for hydroxylation is 2. The molecule has 2 rings (SSSR count). The lowest BCUT2D eigenvalue weighted by molar-refractivity contribution is -0.139. The van der Waals surface area contributed by atoms with Crippen LogP contribution in [0.25, 0.3) is 0 Å². The number of hydrogen-bond acceptors (Lipinski definition) is 5. The predicted octanol–water partition coefficient (Wildman–Crippen LogP) is 2.03. The van der Waals surface area contributed by atoms with Gasteiger partial charge in [0, 0.05) is 12.7 Å². The maximum Gasteiger partial charge on any atom is 0.341 e. The summed E-state index contributed by atoms with van der Waals surface area (Å²) in [6.07, 6.45) is 0. The van der Waals surface area contributed by atoms with E-state index in [1.54, 1.807) is 45.2 Å². The first-order valence-electron chi connectivity index (χ1n) is 6.55. The first-order valence-corrected chi connectivity index (χ1v) is 6.55. The van der Waals surface area contributed by atoms with E-state index < -0.39 is 12.6 Å². The molecule has 116 valence electrons. The predicted molar refractivity (Wildman–Crippen MR) is 78.3 cm³/mol. The van der Waals surface area contributed by atoms with Crippen LogP contribution in [0, 0.1) is 13.8 Å². The Hall–Kier alpha value is -2.83. The number of benzene rings is 1. The van der Waals surface area contributed by atoms with Gasteiger partial charge >= 0.3 is 5.97 Å². The molecule has 0 atom stereocenters. The van der Waals surface area contributed by atoms with Crippen LogP contribution >= 0.6 is 0 Å². The van der Waals surface area contributed by atoms with Crippen LogP contribution in [0.15, 0.2) is 28.8 Å². The Kier molecular flexibility index (Phi) is 4.45. The molecular formula is C15H16N2O5. The molecule has 7 heteroatoms. The first-order chi connectivity index (χ1) is 10.4. The fourth-order valence-corrected chi connectivity index (χ4v) is 1.98. The van der Waals surface area contributed by atoms with Crippen molar-refractivity contribution < 1.29 is 24.0 Å². The number of rotatable bonds is 5. The lowest BCUT2D eigenvalue weighted by Crippen LogP contribution is -2.27. The number of hydrogen-bond donors (Lipinski definition) is 1. The normalized spacial score (nSPS) is 10.3. The molecule has 0 aliphatic rings. The van der Waals surface area contributed by atoms with Gasteiger partial charge in [-0.05, 0) is 38.1 Å². The zero-order valence-electron chi connectivity index (χ0n) is 12.5. The molecule has 1 heterocycles. The summed E-state index contributed by atoms with van der Waals surface area (Å²) in [5, 5.41) is 12.3. The van der Waals surface area contributed by atoms with E-state index in [2.05, 4.69) is 5.16 Å². The van der Waals surface area contributed by atoms with Crippen molar-refractivity contribution in [2.24, 2.45) is 0 Å². The highest BCUT2D eigenvalue weighted by Crippen LogP contribution is 2.22. The van der Waals surface area contributed by atoms with Gasteiger partial charge in [-0.2, -0.15) is 0 Å². The maximum atomic E-state index is 12.5. The first kappa shape index (κ1) is 15.6. The monoisotopic (exact) mass is 304 g/mol. The average Bonchev–Trinajstić information content (AvgIpc) is 2.83. The summed E-state index contributed by atoms with van der Waals surface area (Å²) < 4.78 is 10.0. The summed E-state index contributed by atoms with van der Waals surface area (Å²) in [6, 6.07) is 6.56. The minimum atomic E-state index is -1.05. The van der Waals surface area contributed by atoms with Gasteiger partial charge in [0.2, 0.25) is 0 Å². The standard InChI is InChI=1S/C15H16N2O5/c1-9-14(10(2)22-16-9)15(20)17(3)11-4-6-12(7-5-11)21-8-13(18)19/h4-7H,8H2,1-3H3,(H,18,19). The molecule has 0 saturated carbocycles. The minimum Gasteiger partial charge on any atom is -0.482 e. The Balaban J connectivity index is 2.14. The van der Waals surface area contributed by atoms with Crippen molar-refractivity contribution in [2.45, 2.75) is 13.8 Å². The SMILES string of the molecule is Cc1noc(C)c1C(=O)N(C)c1ccc(OCC(=O)O)cc1. The topological polar surface area (TPSA) is 92.9 Å². The highest BCUT2D eigenvalue weighted by molar-refractivity contribution is 6.07. The molecule has 2 aromatic rings. The number of nitrogens with zero attached hydrogens (tertiary/aromatic N) is 2. The van der Waals surface area contributed by atoms with Crippen LogP contribution in [0.2, 0.25) is 0 Å². The number of anilines is 1. The van der Waals surface area contributed by atoms with E-state index in [9.17, 15) is 9.59 Å². The molecule has 1 aromatic carbocycles. The van der Waals surface area contributed by atoms with Crippen LogP contribution in [0.1, 0.15) is 21.8 Å². The second-order valence-corrected chi connectivity index (χ2v) is 4.74. The molecule has 0 aliphatic heterocycles. The zero-order valence-corrected chi connectivity index (χ0v) is 12.5. The fourth-order valence-electron chi connectivity index (χ4n) is 1.98. The van der Waals surface area contributed by atoms with Gasteiger partial charge in [-0.1, -0.05) is 5.16 Å². The van der Waals surface area contributed by atoms with E-state index in [-0.39, 0.29) is 5.91 Å². The van der Waals surface area contributed by atoms with Crippen molar-refractivity contribution >= 4 is 17.6 Å². The van der Waals surface area contributed by atoms with E-state index in [4.69, 9.17) is 14.4 Å². The number of aliphatic carboxylic acids is 1. The molecule has 0 unspecified atom stereocenters. The van der Waals surface area contributed by atoms with Crippen molar-refractivity contribution in [2.75, 3.05) is 18.6 Å². The number of carboxylic acids is 1. The summed E-state index contributed by atoms with van der Waals surface area (Å²) in [4.78, 5) is 24.4. The molecule has 1 N–H and O–H groups in total. The van der Waals surface area contributed by atoms with Crippen molar-refractivity contribution in [1.82, 2.24) is 5.16 Å². The lowest BCUT2D eigenvalue weighted by atomic mass is 10.1. The summed E-state index contributed by atoms with van der Waals surface area (Å²) >= 11 is 0. The van der Waals surface area contributed by atoms with Gasteiger partial charge in [0.25, 0.3) is 5.91 Å². The summed E-state index contributed by atoms with van der Waals surface area (Å²) in [7, 11) is 1.64. The Morgan fingerprint density at radius 3 is 2.41 bits per heavy atom. The number of amides is 1. The quantitative estimate of drug-likeness (QED) is 0.908. The Labute approximate surface area is 127 Å². The third kappa shape index (κ3) is 3.25. The van der Waals surface area contributed by atoms with Crippen molar-refractivity contribution in [3.05, 3.63) is 41.3 Å². The van der Waals surface area contributed by atoms with E-state index >= 15 is 0 Å². The van der Waals surface area contributed by atoms with Gasteiger partial charge in [-0.15, -0.1) is 0 Å². The average molecular weight is 304 g/mol. The molecular weight excluding hydrogens is 288 g/mol. The number of aromatic nitrogens is 1. The Morgan fingerprint density at radius 2 is 1.91 bits per heavy atom. The van der Waals surface area contributed by atoms with Crippen LogP contribution in [-0.4, -0.2) is 35.8 Å². The Bertz CT molecular complexity index is 671. The van der Waals surface area contributed by atoms with Gasteiger partial charge in [-0.25, -0.2) is 4.79 Å². The fraction of sp³-hybridized carbons (Fsp3) is 0.267. The zero-order chi connectivity index (χ0) is 16.3. The van der Waals surface area contributed by atoms with E-state index in [0.717, 1.165) is 0 Å². The van der Waals surface area contributed by atoms with Gasteiger partial charge in [0.1, 0.15) is 17.1 Å². The summed E-state index contributed by atoms with van der Waals surface area (Å²) in [6.45, 7) is 2.98. The second-order valence-electron chi connectivity index (χ2n) is 4.74. The molecule has 0 radical (unpaired) electrons. The number of carbonyl (C=O) groups excluding carboxylic acids is 1. The highest BCUT2D eigenvalue weighted by Gasteiger charge is 2.21. The van der Waals surface area contributed by atoms with Gasteiger partial charge in [-0.3, -0.25) is 4.79 Å². The van der Waals surface area contributed by atoms with E-state index in [1.807, 2.05) is 0 Å². The smallest absolute Gasteiger partial charge is 0.341 e. The minimum absolute atomic E-state index is 0.226. The van der Waals surface area contributed by atoms with Crippen LogP contribution in [0.5, 0.6) is 5.75 Å². The van der Waals surface area contributed by atoms with E-state index in [1.165, 1.54) is 4.90 Å². The molecule has 0 saturated heterocycles. The molecule has 0 spiro atoms. The molecule has 22 heavy (non-hydrogen) atoms. The van der Waals surface area contributed by atoms with Crippen molar-refractivity contribution in [1.29, 1.82) is 0 Å². The summed E-state index contributed by atoms with van der Waals surface area (Å²) in [5.74, 6) is -0.384. The van der Waals surface area contributed by atoms with Crippen LogP contribution in [0.3, 0.4) is 0 Å². The maximum absolute atomic E-state index is 12.5. The Morgan fingerprint density at radius 1 is 1.27 bits per heavy atom. The molecule has 7 nitrogen and oxygen atoms in total. The van der Waals surface area contributed by atoms with Gasteiger partial charge < -0.3 is 19.3 Å². The van der Waals surface area contributed by atoms with E-state index in [0.29, 0.717) is 28.5 Å². The van der Waals surface area contributed by atoms with Gasteiger partial charge in [0.15, 0.2) is 6.61 Å². The third-order valence-electron chi connectivity index (χ3n) is 3.14. The molecule has 1 amide bonds. The molecule has 0 aliphatic carbocycles. The third-order valence-corrected chi connectivity index (χ3v) is 3.14.